The van der Waals surface area contributed by atoms with E-state index in [9.17, 15) is 5.11 Å². The van der Waals surface area contributed by atoms with E-state index in [1.807, 2.05) is 19.1 Å². The van der Waals surface area contributed by atoms with Crippen molar-refractivity contribution in [3.8, 4) is 0 Å². The molecule has 0 aliphatic heterocycles. The van der Waals surface area contributed by atoms with Gasteiger partial charge in [0.05, 0.1) is 23.0 Å². The van der Waals surface area contributed by atoms with Crippen LogP contribution in [0, 0.1) is 0 Å². The Bertz CT molecular complexity index is 706. The first-order valence-corrected chi connectivity index (χ1v) is 8.29. The molecule has 0 unspecified atom stereocenters. The molecule has 0 spiro atoms. The second-order valence-electron chi connectivity index (χ2n) is 5.75. The smallest absolute Gasteiger partial charge is 0.225 e. The standard InChI is InChI=1S/C16H18Cl2N4O/c1-9(8-23)19-16-21-14(10-2-3-10)7-15(22-16)20-13-5-4-11(17)6-12(13)18/h4-7,9-10,23H,2-3,8H2,1H3,(H2,19,20,21,22)/t9-/m1/s1. The van der Waals surface area contributed by atoms with E-state index in [0.717, 1.165) is 24.2 Å². The third-order valence-corrected chi connectivity index (χ3v) is 4.13. The van der Waals surface area contributed by atoms with Gasteiger partial charge in [-0.1, -0.05) is 23.2 Å². The fourth-order valence-electron chi connectivity index (χ4n) is 2.18. The lowest BCUT2D eigenvalue weighted by Crippen LogP contribution is -2.21. The Morgan fingerprint density at radius 3 is 2.70 bits per heavy atom. The summed E-state index contributed by atoms with van der Waals surface area (Å²) < 4.78 is 0. The lowest BCUT2D eigenvalue weighted by Gasteiger charge is -2.14. The number of nitrogens with zero attached hydrogens (tertiary/aromatic N) is 2. The van der Waals surface area contributed by atoms with E-state index in [1.54, 1.807) is 12.1 Å². The molecule has 1 heterocycles. The maximum Gasteiger partial charge on any atom is 0.225 e. The molecule has 122 valence electrons. The molecule has 5 nitrogen and oxygen atoms in total. The van der Waals surface area contributed by atoms with E-state index in [-0.39, 0.29) is 12.6 Å². The van der Waals surface area contributed by atoms with Crippen LogP contribution in [0.1, 0.15) is 31.4 Å². The van der Waals surface area contributed by atoms with Gasteiger partial charge in [-0.3, -0.25) is 0 Å². The summed E-state index contributed by atoms with van der Waals surface area (Å²) in [6.07, 6.45) is 2.29. The van der Waals surface area contributed by atoms with E-state index in [0.29, 0.717) is 27.7 Å². The summed E-state index contributed by atoms with van der Waals surface area (Å²) in [5.41, 5.74) is 1.73. The highest BCUT2D eigenvalue weighted by Gasteiger charge is 2.26. The Balaban J connectivity index is 1.87. The number of rotatable bonds is 6. The molecule has 1 aromatic carbocycles. The highest BCUT2D eigenvalue weighted by atomic mass is 35.5. The highest BCUT2D eigenvalue weighted by Crippen LogP contribution is 2.40. The van der Waals surface area contributed by atoms with Gasteiger partial charge in [0.15, 0.2) is 0 Å². The van der Waals surface area contributed by atoms with Crippen molar-refractivity contribution in [3.63, 3.8) is 0 Å². The second kappa shape index (κ2) is 6.91. The minimum absolute atomic E-state index is 0.0167. The molecular formula is C16H18Cl2N4O. The monoisotopic (exact) mass is 352 g/mol. The van der Waals surface area contributed by atoms with Crippen LogP contribution in [0.5, 0.6) is 0 Å². The lowest BCUT2D eigenvalue weighted by atomic mass is 10.2. The molecule has 3 rings (SSSR count). The molecular weight excluding hydrogens is 335 g/mol. The zero-order valence-electron chi connectivity index (χ0n) is 12.7. The van der Waals surface area contributed by atoms with Crippen molar-refractivity contribution in [2.75, 3.05) is 17.2 Å². The molecule has 0 bridgehead atoms. The van der Waals surface area contributed by atoms with Crippen molar-refractivity contribution < 1.29 is 5.11 Å². The summed E-state index contributed by atoms with van der Waals surface area (Å²) in [6, 6.07) is 7.09. The summed E-state index contributed by atoms with van der Waals surface area (Å²) in [6.45, 7) is 1.89. The van der Waals surface area contributed by atoms with Crippen LogP contribution in [0.3, 0.4) is 0 Å². The summed E-state index contributed by atoms with van der Waals surface area (Å²) >= 11 is 12.1. The molecule has 1 fully saturated rings. The van der Waals surface area contributed by atoms with Crippen molar-refractivity contribution in [3.05, 3.63) is 40.0 Å². The fraction of sp³-hybridized carbons (Fsp3) is 0.375. The van der Waals surface area contributed by atoms with Gasteiger partial charge in [0.1, 0.15) is 5.82 Å². The van der Waals surface area contributed by atoms with Gasteiger partial charge < -0.3 is 15.7 Å². The van der Waals surface area contributed by atoms with Crippen LogP contribution in [0.2, 0.25) is 10.0 Å². The van der Waals surface area contributed by atoms with Crippen LogP contribution in [0.4, 0.5) is 17.5 Å². The Kier molecular flexibility index (Phi) is 4.90. The van der Waals surface area contributed by atoms with E-state index < -0.39 is 0 Å². The molecule has 1 atom stereocenters. The summed E-state index contributed by atoms with van der Waals surface area (Å²) in [5.74, 6) is 1.66. The van der Waals surface area contributed by atoms with Gasteiger partial charge in [-0.25, -0.2) is 4.98 Å². The number of aliphatic hydroxyl groups is 1. The van der Waals surface area contributed by atoms with Crippen molar-refractivity contribution >= 4 is 40.7 Å². The van der Waals surface area contributed by atoms with Gasteiger partial charge in [0.25, 0.3) is 0 Å². The van der Waals surface area contributed by atoms with Gasteiger partial charge in [-0.05, 0) is 38.0 Å². The van der Waals surface area contributed by atoms with Crippen LogP contribution in [0.25, 0.3) is 0 Å². The largest absolute Gasteiger partial charge is 0.394 e. The van der Waals surface area contributed by atoms with Crippen molar-refractivity contribution in [1.82, 2.24) is 9.97 Å². The van der Waals surface area contributed by atoms with Gasteiger partial charge >= 0.3 is 0 Å². The number of hydrogen-bond acceptors (Lipinski definition) is 5. The molecule has 7 heteroatoms. The van der Waals surface area contributed by atoms with E-state index in [4.69, 9.17) is 23.2 Å². The zero-order valence-corrected chi connectivity index (χ0v) is 14.2. The maximum absolute atomic E-state index is 9.19. The van der Waals surface area contributed by atoms with Crippen molar-refractivity contribution in [1.29, 1.82) is 0 Å². The van der Waals surface area contributed by atoms with Crippen LogP contribution in [-0.2, 0) is 0 Å². The third-order valence-electron chi connectivity index (χ3n) is 3.58. The molecule has 3 N–H and O–H groups in total. The third kappa shape index (κ3) is 4.25. The van der Waals surface area contributed by atoms with Gasteiger partial charge in [0, 0.05) is 23.0 Å². The van der Waals surface area contributed by atoms with E-state index in [1.165, 1.54) is 0 Å². The molecule has 23 heavy (non-hydrogen) atoms. The average Bonchev–Trinajstić information content (AvgIpc) is 3.34. The van der Waals surface area contributed by atoms with Gasteiger partial charge in [0.2, 0.25) is 5.95 Å². The zero-order chi connectivity index (χ0) is 16.4. The number of anilines is 3. The lowest BCUT2D eigenvalue weighted by molar-refractivity contribution is 0.281. The Morgan fingerprint density at radius 2 is 2.04 bits per heavy atom. The molecule has 1 aliphatic rings. The molecule has 0 saturated heterocycles. The van der Waals surface area contributed by atoms with E-state index >= 15 is 0 Å². The van der Waals surface area contributed by atoms with Crippen molar-refractivity contribution in [2.24, 2.45) is 0 Å². The normalized spacial score (nSPS) is 15.3. The van der Waals surface area contributed by atoms with Gasteiger partial charge in [-0.15, -0.1) is 0 Å². The summed E-state index contributed by atoms with van der Waals surface area (Å²) in [7, 11) is 0. The molecule has 1 saturated carbocycles. The Labute approximate surface area is 145 Å². The number of hydrogen-bond donors (Lipinski definition) is 3. The predicted molar refractivity (Wildman–Crippen MR) is 93.9 cm³/mol. The topological polar surface area (TPSA) is 70.1 Å². The highest BCUT2D eigenvalue weighted by molar-refractivity contribution is 6.36. The minimum atomic E-state index is -0.114. The first-order chi connectivity index (χ1) is 11.0. The molecule has 2 aromatic rings. The van der Waals surface area contributed by atoms with Crippen molar-refractivity contribution in [2.45, 2.75) is 31.7 Å². The number of nitrogens with one attached hydrogen (secondary N) is 2. The predicted octanol–water partition coefficient (Wildman–Crippen LogP) is 4.20. The number of benzene rings is 1. The van der Waals surface area contributed by atoms with Crippen LogP contribution in [0.15, 0.2) is 24.3 Å². The first-order valence-electron chi connectivity index (χ1n) is 7.53. The fourth-order valence-corrected chi connectivity index (χ4v) is 2.63. The number of halogens is 2. The SMILES string of the molecule is C[C@H](CO)Nc1nc(Nc2ccc(Cl)cc2Cl)cc(C2CC2)n1. The quantitative estimate of drug-likeness (QED) is 0.726. The summed E-state index contributed by atoms with van der Waals surface area (Å²) in [4.78, 5) is 8.99. The van der Waals surface area contributed by atoms with E-state index in [2.05, 4.69) is 20.6 Å². The molecule has 0 amide bonds. The number of aromatic nitrogens is 2. The molecule has 1 aromatic heterocycles. The average molecular weight is 353 g/mol. The first kappa shape index (κ1) is 16.3. The van der Waals surface area contributed by atoms with Crippen LogP contribution >= 0.6 is 23.2 Å². The molecule has 1 aliphatic carbocycles. The molecule has 0 radical (unpaired) electrons. The number of aliphatic hydroxyl groups excluding tert-OH is 1. The summed E-state index contributed by atoms with van der Waals surface area (Å²) in [5, 5.41) is 16.6. The minimum Gasteiger partial charge on any atom is -0.394 e. The maximum atomic E-state index is 9.19. The Hall–Kier alpha value is -1.56. The second-order valence-corrected chi connectivity index (χ2v) is 6.60. The van der Waals surface area contributed by atoms with Crippen LogP contribution in [-0.4, -0.2) is 27.7 Å². The Morgan fingerprint density at radius 1 is 1.26 bits per heavy atom. The van der Waals surface area contributed by atoms with Gasteiger partial charge in [-0.2, -0.15) is 4.98 Å². The van der Waals surface area contributed by atoms with Crippen LogP contribution < -0.4 is 10.6 Å².